The van der Waals surface area contributed by atoms with Gasteiger partial charge >= 0.3 is 12.0 Å². The minimum atomic E-state index is -0.432. The number of nitrogens with one attached hydrogen (secondary N) is 1. The number of urea groups is 1. The van der Waals surface area contributed by atoms with Crippen LogP contribution in [0, 0.1) is 0 Å². The smallest absolute Gasteiger partial charge is 0.337 e. The number of pyridine rings is 1. The first-order chi connectivity index (χ1) is 15.1. The number of methoxy groups -OCH3 is 1. The van der Waals surface area contributed by atoms with Crippen molar-refractivity contribution in [3.05, 3.63) is 66.0 Å². The van der Waals surface area contributed by atoms with Crippen LogP contribution in [-0.2, 0) is 11.3 Å². The number of aryl methyl sites for hydroxylation is 1. The van der Waals surface area contributed by atoms with Crippen molar-refractivity contribution in [2.24, 2.45) is 0 Å². The maximum absolute atomic E-state index is 12.7. The van der Waals surface area contributed by atoms with Crippen molar-refractivity contribution in [2.45, 2.75) is 26.3 Å². The molecule has 1 N–H and O–H groups in total. The zero-order valence-electron chi connectivity index (χ0n) is 17.8. The quantitative estimate of drug-likeness (QED) is 0.617. The second-order valence-electron chi connectivity index (χ2n) is 7.54. The number of fused-ring (bicyclic) bond motifs is 1. The molecular weight excluding hydrogens is 392 g/mol. The van der Waals surface area contributed by atoms with Gasteiger partial charge in [0.05, 0.1) is 12.7 Å². The predicted octanol–water partition coefficient (Wildman–Crippen LogP) is 4.55. The van der Waals surface area contributed by atoms with E-state index in [0.29, 0.717) is 24.3 Å². The summed E-state index contributed by atoms with van der Waals surface area (Å²) in [4.78, 5) is 30.7. The minimum Gasteiger partial charge on any atom is -0.465 e. The summed E-state index contributed by atoms with van der Waals surface area (Å²) in [5, 5.41) is 4.02. The number of carbonyl (C=O) groups is 2. The molecule has 7 nitrogen and oxygen atoms in total. The van der Waals surface area contributed by atoms with Crippen molar-refractivity contribution >= 4 is 34.3 Å². The molecule has 0 aliphatic carbocycles. The first-order valence-electron chi connectivity index (χ1n) is 10.5. The average molecular weight is 418 g/mol. The summed E-state index contributed by atoms with van der Waals surface area (Å²) < 4.78 is 6.95. The Kier molecular flexibility index (Phi) is 6.02. The fraction of sp³-hybridized carbons (Fsp3) is 0.292. The standard InChI is InChI=1S/C24H26N4O3/c1-3-12-28-16-21(20-8-5-11-25-22(20)28)17-9-13-27(14-10-17)24(30)26-19-7-4-6-18(15-19)23(29)31-2/h4-9,11,15-16H,3,10,12-14H2,1-2H3,(H,26,30). The lowest BCUT2D eigenvalue weighted by Crippen LogP contribution is -2.37. The van der Waals surface area contributed by atoms with Crippen LogP contribution in [-0.4, -0.2) is 46.7 Å². The lowest BCUT2D eigenvalue weighted by Gasteiger charge is -2.26. The number of ether oxygens (including phenoxy) is 1. The molecule has 3 aromatic rings. The van der Waals surface area contributed by atoms with Gasteiger partial charge in [0.15, 0.2) is 0 Å². The molecule has 4 rings (SSSR count). The number of aromatic nitrogens is 2. The summed E-state index contributed by atoms with van der Waals surface area (Å²) >= 11 is 0. The molecule has 0 bridgehead atoms. The predicted molar refractivity (Wildman–Crippen MR) is 121 cm³/mol. The van der Waals surface area contributed by atoms with Gasteiger partial charge in [-0.2, -0.15) is 0 Å². The highest BCUT2D eigenvalue weighted by Gasteiger charge is 2.21. The number of hydrogen-bond acceptors (Lipinski definition) is 4. The third kappa shape index (κ3) is 4.30. The first-order valence-corrected chi connectivity index (χ1v) is 10.5. The minimum absolute atomic E-state index is 0.188. The van der Waals surface area contributed by atoms with Crippen molar-refractivity contribution in [1.29, 1.82) is 0 Å². The molecule has 0 atom stereocenters. The molecule has 2 amide bonds. The number of hydrogen-bond donors (Lipinski definition) is 1. The third-order valence-electron chi connectivity index (χ3n) is 5.48. The van der Waals surface area contributed by atoms with Gasteiger partial charge < -0.3 is 19.5 Å². The number of rotatable bonds is 5. The topological polar surface area (TPSA) is 76.5 Å². The summed E-state index contributed by atoms with van der Waals surface area (Å²) in [5.74, 6) is -0.432. The van der Waals surface area contributed by atoms with Crippen LogP contribution < -0.4 is 5.32 Å². The SMILES string of the molecule is CCCn1cc(C2=CCN(C(=O)Nc3cccc(C(=O)OC)c3)CC2)c2cccnc21. The Bertz CT molecular complexity index is 1150. The fourth-order valence-corrected chi connectivity index (χ4v) is 3.93. The number of esters is 1. The molecule has 0 spiro atoms. The van der Waals surface area contributed by atoms with Crippen LogP contribution in [0.25, 0.3) is 16.6 Å². The van der Waals surface area contributed by atoms with E-state index in [-0.39, 0.29) is 6.03 Å². The highest BCUT2D eigenvalue weighted by atomic mass is 16.5. The maximum atomic E-state index is 12.7. The van der Waals surface area contributed by atoms with E-state index in [9.17, 15) is 9.59 Å². The summed E-state index contributed by atoms with van der Waals surface area (Å²) in [5.41, 5.74) is 4.41. The first kappa shape index (κ1) is 20.7. The highest BCUT2D eigenvalue weighted by Crippen LogP contribution is 2.30. The van der Waals surface area contributed by atoms with Gasteiger partial charge in [0, 0.05) is 48.7 Å². The number of amides is 2. The lowest BCUT2D eigenvalue weighted by molar-refractivity contribution is 0.0600. The molecule has 31 heavy (non-hydrogen) atoms. The van der Waals surface area contributed by atoms with Crippen LogP contribution in [0.5, 0.6) is 0 Å². The maximum Gasteiger partial charge on any atom is 0.337 e. The van der Waals surface area contributed by atoms with Crippen LogP contribution in [0.4, 0.5) is 10.5 Å². The molecule has 0 radical (unpaired) electrons. The molecule has 0 saturated heterocycles. The summed E-state index contributed by atoms with van der Waals surface area (Å²) in [6.45, 7) is 4.24. The van der Waals surface area contributed by atoms with Gasteiger partial charge in [0.1, 0.15) is 5.65 Å². The van der Waals surface area contributed by atoms with Crippen molar-refractivity contribution in [1.82, 2.24) is 14.5 Å². The molecule has 0 saturated carbocycles. The van der Waals surface area contributed by atoms with Crippen LogP contribution in [0.1, 0.15) is 35.7 Å². The largest absolute Gasteiger partial charge is 0.465 e. The van der Waals surface area contributed by atoms with Crippen molar-refractivity contribution in [2.75, 3.05) is 25.5 Å². The van der Waals surface area contributed by atoms with E-state index in [1.165, 1.54) is 18.2 Å². The Morgan fingerprint density at radius 3 is 2.84 bits per heavy atom. The van der Waals surface area contributed by atoms with Gasteiger partial charge in [-0.1, -0.05) is 19.1 Å². The summed E-state index contributed by atoms with van der Waals surface area (Å²) in [7, 11) is 1.33. The van der Waals surface area contributed by atoms with Crippen molar-refractivity contribution < 1.29 is 14.3 Å². The molecular formula is C24H26N4O3. The molecule has 0 fully saturated rings. The molecule has 1 aliphatic heterocycles. The third-order valence-corrected chi connectivity index (χ3v) is 5.48. The van der Waals surface area contributed by atoms with Crippen molar-refractivity contribution in [3.8, 4) is 0 Å². The van der Waals surface area contributed by atoms with E-state index in [0.717, 1.165) is 30.4 Å². The lowest BCUT2D eigenvalue weighted by atomic mass is 10.00. The fourth-order valence-electron chi connectivity index (χ4n) is 3.93. The van der Waals surface area contributed by atoms with Crippen LogP contribution in [0.15, 0.2) is 54.9 Å². The zero-order valence-corrected chi connectivity index (χ0v) is 17.8. The second kappa shape index (κ2) is 9.04. The number of nitrogens with zero attached hydrogens (tertiary/aromatic N) is 3. The van der Waals surface area contributed by atoms with E-state index >= 15 is 0 Å². The van der Waals surface area contributed by atoms with E-state index in [2.05, 4.69) is 40.1 Å². The van der Waals surface area contributed by atoms with Gasteiger partial charge in [-0.15, -0.1) is 0 Å². The van der Waals surface area contributed by atoms with Gasteiger partial charge in [0.2, 0.25) is 0 Å². The molecule has 160 valence electrons. The van der Waals surface area contributed by atoms with Gasteiger partial charge in [0.25, 0.3) is 0 Å². The van der Waals surface area contributed by atoms with Crippen molar-refractivity contribution in [3.63, 3.8) is 0 Å². The van der Waals surface area contributed by atoms with Gasteiger partial charge in [-0.3, -0.25) is 0 Å². The van der Waals surface area contributed by atoms with E-state index < -0.39 is 5.97 Å². The Morgan fingerprint density at radius 2 is 2.10 bits per heavy atom. The Labute approximate surface area is 181 Å². The molecule has 3 heterocycles. The summed E-state index contributed by atoms with van der Waals surface area (Å²) in [6.07, 6.45) is 7.95. The zero-order chi connectivity index (χ0) is 21.8. The summed E-state index contributed by atoms with van der Waals surface area (Å²) in [6, 6.07) is 10.6. The number of carbonyl (C=O) groups excluding carboxylic acids is 2. The van der Waals surface area contributed by atoms with Gasteiger partial charge in [-0.05, 0) is 48.7 Å². The average Bonchev–Trinajstić information content (AvgIpc) is 3.17. The Balaban J connectivity index is 1.48. The molecule has 2 aromatic heterocycles. The second-order valence-corrected chi connectivity index (χ2v) is 7.54. The van der Waals surface area contributed by atoms with Gasteiger partial charge in [-0.25, -0.2) is 14.6 Å². The van der Waals surface area contributed by atoms with E-state index in [1.807, 2.05) is 12.3 Å². The Morgan fingerprint density at radius 1 is 1.23 bits per heavy atom. The monoisotopic (exact) mass is 418 g/mol. The highest BCUT2D eigenvalue weighted by molar-refractivity contribution is 5.95. The van der Waals surface area contributed by atoms with Crippen LogP contribution in [0.3, 0.4) is 0 Å². The van der Waals surface area contributed by atoms with Crippen LogP contribution >= 0.6 is 0 Å². The van der Waals surface area contributed by atoms with Crippen LogP contribution in [0.2, 0.25) is 0 Å². The molecule has 1 aliphatic rings. The normalized spacial score (nSPS) is 13.7. The molecule has 7 heteroatoms. The Hall–Kier alpha value is -3.61. The molecule has 0 unspecified atom stereocenters. The van der Waals surface area contributed by atoms with E-state index in [4.69, 9.17) is 4.74 Å². The molecule has 1 aromatic carbocycles. The number of anilines is 1. The van der Waals surface area contributed by atoms with E-state index in [1.54, 1.807) is 29.2 Å². The number of benzene rings is 1.